The molecule has 2 aliphatic rings. The molecule has 112 valence electrons. The van der Waals surface area contributed by atoms with Crippen LogP contribution < -0.4 is 15.8 Å². The zero-order valence-electron chi connectivity index (χ0n) is 11.8. The number of rotatable bonds is 2. The van der Waals surface area contributed by atoms with Gasteiger partial charge in [-0.05, 0) is 12.1 Å². The summed E-state index contributed by atoms with van der Waals surface area (Å²) in [6.07, 6.45) is 0. The van der Waals surface area contributed by atoms with Gasteiger partial charge in [0.1, 0.15) is 5.75 Å². The number of carbonyl (C=O) groups is 2. The van der Waals surface area contributed by atoms with Gasteiger partial charge in [0.05, 0.1) is 18.7 Å². The van der Waals surface area contributed by atoms with E-state index in [1.165, 1.54) is 7.11 Å². The van der Waals surface area contributed by atoms with E-state index in [2.05, 4.69) is 5.32 Å². The fraction of sp³-hybridized carbons (Fsp3) is 0.429. The maximum atomic E-state index is 12.6. The Labute approximate surface area is 122 Å². The van der Waals surface area contributed by atoms with Crippen molar-refractivity contribution < 1.29 is 14.3 Å². The average Bonchev–Trinajstić information content (AvgIpc) is 2.87. The predicted octanol–water partition coefficient (Wildman–Crippen LogP) is 0.127. The van der Waals surface area contributed by atoms with E-state index in [1.54, 1.807) is 28.0 Å². The number of anilines is 1. The van der Waals surface area contributed by atoms with Crippen molar-refractivity contribution in [1.82, 2.24) is 15.1 Å². The number of methoxy groups -OCH3 is 1. The molecular weight excluding hydrogens is 272 g/mol. The summed E-state index contributed by atoms with van der Waals surface area (Å²) in [6, 6.07) is 5.02. The molecule has 0 aromatic heterocycles. The number of nitrogens with two attached hydrogens (primary N) is 1. The molecule has 1 aromatic rings. The van der Waals surface area contributed by atoms with Crippen LogP contribution in [-0.2, 0) is 0 Å². The van der Waals surface area contributed by atoms with E-state index in [4.69, 9.17) is 10.5 Å². The minimum atomic E-state index is -0.0918. The van der Waals surface area contributed by atoms with Gasteiger partial charge in [-0.3, -0.25) is 4.79 Å². The van der Waals surface area contributed by atoms with E-state index in [0.717, 1.165) is 0 Å². The molecule has 0 saturated carbocycles. The first-order valence-corrected chi connectivity index (χ1v) is 6.87. The van der Waals surface area contributed by atoms with E-state index < -0.39 is 0 Å². The van der Waals surface area contributed by atoms with Crippen molar-refractivity contribution in [3.05, 3.63) is 23.8 Å². The fourth-order valence-corrected chi connectivity index (χ4v) is 2.84. The maximum Gasteiger partial charge on any atom is 0.317 e. The third kappa shape index (κ3) is 2.35. The molecule has 3 amide bonds. The summed E-state index contributed by atoms with van der Waals surface area (Å²) in [5.41, 5.74) is 6.76. The van der Waals surface area contributed by atoms with Gasteiger partial charge in [0, 0.05) is 37.9 Å². The molecule has 7 nitrogen and oxygen atoms in total. The van der Waals surface area contributed by atoms with Crippen LogP contribution in [0.1, 0.15) is 10.4 Å². The number of nitrogens with zero attached hydrogens (tertiary/aromatic N) is 2. The molecular formula is C14H18N4O3. The Morgan fingerprint density at radius 1 is 1.43 bits per heavy atom. The molecule has 0 bridgehead atoms. The van der Waals surface area contributed by atoms with Gasteiger partial charge < -0.3 is 25.6 Å². The average molecular weight is 290 g/mol. The minimum absolute atomic E-state index is 0.0443. The van der Waals surface area contributed by atoms with Gasteiger partial charge in [0.25, 0.3) is 5.91 Å². The van der Waals surface area contributed by atoms with Crippen LogP contribution in [0.25, 0.3) is 0 Å². The first kappa shape index (κ1) is 13.5. The van der Waals surface area contributed by atoms with Crippen LogP contribution in [-0.4, -0.2) is 61.1 Å². The van der Waals surface area contributed by atoms with Gasteiger partial charge in [-0.15, -0.1) is 0 Å². The Hall–Kier alpha value is -2.44. The first-order chi connectivity index (χ1) is 10.1. The molecule has 2 aliphatic heterocycles. The van der Waals surface area contributed by atoms with E-state index in [1.807, 2.05) is 0 Å². The Balaban J connectivity index is 1.79. The fourth-order valence-electron chi connectivity index (χ4n) is 2.84. The van der Waals surface area contributed by atoms with Crippen molar-refractivity contribution in [1.29, 1.82) is 0 Å². The summed E-state index contributed by atoms with van der Waals surface area (Å²) in [5.74, 6) is 0.383. The van der Waals surface area contributed by atoms with Gasteiger partial charge in [0.15, 0.2) is 0 Å². The highest BCUT2D eigenvalue weighted by Crippen LogP contribution is 2.24. The lowest BCUT2D eigenvalue weighted by molar-refractivity contribution is 0.0614. The van der Waals surface area contributed by atoms with E-state index in [-0.39, 0.29) is 18.0 Å². The summed E-state index contributed by atoms with van der Waals surface area (Å²) in [4.78, 5) is 27.8. The van der Waals surface area contributed by atoms with Crippen molar-refractivity contribution in [3.8, 4) is 5.75 Å². The lowest BCUT2D eigenvalue weighted by Crippen LogP contribution is -2.53. The van der Waals surface area contributed by atoms with Gasteiger partial charge >= 0.3 is 6.03 Å². The number of hydrogen-bond donors (Lipinski definition) is 2. The van der Waals surface area contributed by atoms with Crippen LogP contribution in [0.5, 0.6) is 5.75 Å². The predicted molar refractivity (Wildman–Crippen MR) is 77.2 cm³/mol. The largest absolute Gasteiger partial charge is 0.496 e. The number of nitrogens with one attached hydrogen (secondary N) is 1. The summed E-state index contributed by atoms with van der Waals surface area (Å²) < 4.78 is 5.24. The second-order valence-corrected chi connectivity index (χ2v) is 5.24. The zero-order chi connectivity index (χ0) is 15.0. The number of urea groups is 1. The van der Waals surface area contributed by atoms with Crippen molar-refractivity contribution in [2.75, 3.05) is 39.0 Å². The standard InChI is InChI=1S/C14H18N4O3/c1-21-12-6-9(15)2-3-11(12)13(19)17-4-5-18-10(8-17)7-16-14(18)20/h2-3,6,10H,4-5,7-8,15H2,1H3,(H,16,20). The number of benzene rings is 1. The molecule has 21 heavy (non-hydrogen) atoms. The van der Waals surface area contributed by atoms with Crippen LogP contribution in [0.2, 0.25) is 0 Å². The Morgan fingerprint density at radius 3 is 3.00 bits per heavy atom. The van der Waals surface area contributed by atoms with Crippen LogP contribution in [0.3, 0.4) is 0 Å². The molecule has 0 radical (unpaired) electrons. The minimum Gasteiger partial charge on any atom is -0.496 e. The number of nitrogen functional groups attached to an aromatic ring is 1. The maximum absolute atomic E-state index is 12.6. The lowest BCUT2D eigenvalue weighted by atomic mass is 10.1. The molecule has 2 saturated heterocycles. The number of ether oxygens (including phenoxy) is 1. The van der Waals surface area contributed by atoms with Gasteiger partial charge in [-0.25, -0.2) is 4.79 Å². The second-order valence-electron chi connectivity index (χ2n) is 5.24. The van der Waals surface area contributed by atoms with E-state index in [0.29, 0.717) is 43.2 Å². The van der Waals surface area contributed by atoms with Gasteiger partial charge in [-0.2, -0.15) is 0 Å². The normalized spacial score (nSPS) is 21.0. The van der Waals surface area contributed by atoms with Gasteiger partial charge in [0.2, 0.25) is 0 Å². The van der Waals surface area contributed by atoms with Crippen molar-refractivity contribution in [3.63, 3.8) is 0 Å². The third-order valence-corrected chi connectivity index (χ3v) is 3.98. The van der Waals surface area contributed by atoms with E-state index in [9.17, 15) is 9.59 Å². The summed E-state index contributed by atoms with van der Waals surface area (Å²) in [6.45, 7) is 2.20. The Bertz CT molecular complexity index is 590. The zero-order valence-corrected chi connectivity index (χ0v) is 11.8. The SMILES string of the molecule is COc1cc(N)ccc1C(=O)N1CCN2C(=O)NCC2C1. The molecule has 3 rings (SSSR count). The third-order valence-electron chi connectivity index (χ3n) is 3.98. The highest BCUT2D eigenvalue weighted by Gasteiger charge is 2.37. The Kier molecular flexibility index (Phi) is 3.32. The molecule has 1 atom stereocenters. The van der Waals surface area contributed by atoms with Crippen LogP contribution in [0.4, 0.5) is 10.5 Å². The number of piperazine rings is 1. The highest BCUT2D eigenvalue weighted by molar-refractivity contribution is 5.97. The van der Waals surface area contributed by atoms with E-state index >= 15 is 0 Å². The second kappa shape index (κ2) is 5.16. The molecule has 2 fully saturated rings. The van der Waals surface area contributed by atoms with Gasteiger partial charge in [-0.1, -0.05) is 0 Å². The number of amides is 3. The molecule has 2 heterocycles. The summed E-state index contributed by atoms with van der Waals surface area (Å²) in [7, 11) is 1.52. The topological polar surface area (TPSA) is 87.9 Å². The highest BCUT2D eigenvalue weighted by atomic mass is 16.5. The molecule has 1 unspecified atom stereocenters. The van der Waals surface area contributed by atoms with Crippen LogP contribution >= 0.6 is 0 Å². The molecule has 0 aliphatic carbocycles. The van der Waals surface area contributed by atoms with Crippen LogP contribution in [0.15, 0.2) is 18.2 Å². The Morgan fingerprint density at radius 2 is 2.24 bits per heavy atom. The summed E-state index contributed by atoms with van der Waals surface area (Å²) in [5, 5.41) is 2.80. The molecule has 1 aromatic carbocycles. The van der Waals surface area contributed by atoms with Crippen molar-refractivity contribution in [2.24, 2.45) is 0 Å². The number of fused-ring (bicyclic) bond motifs is 1. The molecule has 3 N–H and O–H groups in total. The lowest BCUT2D eigenvalue weighted by Gasteiger charge is -2.36. The molecule has 7 heteroatoms. The number of hydrogen-bond acceptors (Lipinski definition) is 4. The van der Waals surface area contributed by atoms with Crippen molar-refractivity contribution >= 4 is 17.6 Å². The number of carbonyl (C=O) groups excluding carboxylic acids is 2. The van der Waals surface area contributed by atoms with Crippen molar-refractivity contribution in [2.45, 2.75) is 6.04 Å². The monoisotopic (exact) mass is 290 g/mol. The molecule has 0 spiro atoms. The quantitative estimate of drug-likeness (QED) is 0.758. The smallest absolute Gasteiger partial charge is 0.317 e. The van der Waals surface area contributed by atoms with Crippen LogP contribution in [0, 0.1) is 0 Å². The first-order valence-electron chi connectivity index (χ1n) is 6.87. The summed E-state index contributed by atoms with van der Waals surface area (Å²) >= 11 is 0.